The third-order valence-electron chi connectivity index (χ3n) is 3.87. The Balaban J connectivity index is 1.85. The normalized spacial score (nSPS) is 21.3. The minimum Gasteiger partial charge on any atom is -0.479 e. The third-order valence-corrected chi connectivity index (χ3v) is 3.87. The van der Waals surface area contributed by atoms with E-state index in [0.717, 1.165) is 0 Å². The number of nitrogens with two attached hydrogens (primary N) is 1. The van der Waals surface area contributed by atoms with Crippen molar-refractivity contribution in [1.82, 2.24) is 4.90 Å². The minimum absolute atomic E-state index is 0.0340. The molecule has 0 aromatic heterocycles. The molecule has 22 heavy (non-hydrogen) atoms. The van der Waals surface area contributed by atoms with Gasteiger partial charge in [-0.05, 0) is 19.1 Å². The molecule has 1 saturated heterocycles. The van der Waals surface area contributed by atoms with Crippen LogP contribution < -0.4 is 15.4 Å². The Bertz CT molecular complexity index is 598. The van der Waals surface area contributed by atoms with Crippen LogP contribution in [-0.2, 0) is 14.3 Å². The SMILES string of the molecule is CC1Oc2cccc(N)c2N(CC(=O)N2CCOCC2)C1=O. The van der Waals surface area contributed by atoms with Crippen LogP contribution in [0.5, 0.6) is 5.75 Å². The number of fused-ring (bicyclic) bond motifs is 1. The number of ether oxygens (including phenoxy) is 2. The van der Waals surface area contributed by atoms with Crippen molar-refractivity contribution < 1.29 is 19.1 Å². The first kappa shape index (κ1) is 14.6. The average molecular weight is 305 g/mol. The molecule has 1 atom stereocenters. The number of anilines is 2. The second-order valence-corrected chi connectivity index (χ2v) is 5.37. The van der Waals surface area contributed by atoms with E-state index < -0.39 is 6.10 Å². The molecule has 7 heteroatoms. The van der Waals surface area contributed by atoms with Crippen LogP contribution in [0.1, 0.15) is 6.92 Å². The molecule has 0 spiro atoms. The van der Waals surface area contributed by atoms with Crippen molar-refractivity contribution >= 4 is 23.2 Å². The zero-order valence-electron chi connectivity index (χ0n) is 12.4. The van der Waals surface area contributed by atoms with Crippen LogP contribution >= 0.6 is 0 Å². The highest BCUT2D eigenvalue weighted by Crippen LogP contribution is 2.38. The number of carbonyl (C=O) groups is 2. The van der Waals surface area contributed by atoms with Gasteiger partial charge in [0.2, 0.25) is 5.91 Å². The topological polar surface area (TPSA) is 85.1 Å². The summed E-state index contributed by atoms with van der Waals surface area (Å²) in [6.07, 6.45) is -0.633. The first-order valence-corrected chi connectivity index (χ1v) is 7.30. The van der Waals surface area contributed by atoms with Gasteiger partial charge in [0.1, 0.15) is 18.0 Å². The molecule has 2 heterocycles. The molecule has 2 aliphatic heterocycles. The van der Waals surface area contributed by atoms with E-state index >= 15 is 0 Å². The molecule has 0 aliphatic carbocycles. The lowest BCUT2D eigenvalue weighted by Crippen LogP contribution is -2.51. The van der Waals surface area contributed by atoms with Gasteiger partial charge in [-0.25, -0.2) is 0 Å². The summed E-state index contributed by atoms with van der Waals surface area (Å²) in [6.45, 7) is 3.78. The first-order valence-electron chi connectivity index (χ1n) is 7.30. The van der Waals surface area contributed by atoms with Crippen molar-refractivity contribution in [1.29, 1.82) is 0 Å². The molecular formula is C15H19N3O4. The standard InChI is InChI=1S/C15H19N3O4/c1-10-15(20)18(9-13(19)17-5-7-21-8-6-17)14-11(16)3-2-4-12(14)22-10/h2-4,10H,5-9,16H2,1H3. The lowest BCUT2D eigenvalue weighted by Gasteiger charge is -2.35. The van der Waals surface area contributed by atoms with Gasteiger partial charge in [0.05, 0.1) is 18.9 Å². The fraction of sp³-hybridized carbons (Fsp3) is 0.467. The van der Waals surface area contributed by atoms with Crippen molar-refractivity contribution in [2.24, 2.45) is 0 Å². The van der Waals surface area contributed by atoms with Gasteiger partial charge in [0.15, 0.2) is 6.10 Å². The second-order valence-electron chi connectivity index (χ2n) is 5.37. The summed E-state index contributed by atoms with van der Waals surface area (Å²) in [5.74, 6) is 0.161. The van der Waals surface area contributed by atoms with Gasteiger partial charge in [0, 0.05) is 13.1 Å². The van der Waals surface area contributed by atoms with E-state index in [4.69, 9.17) is 15.2 Å². The highest BCUT2D eigenvalue weighted by molar-refractivity contribution is 6.06. The van der Waals surface area contributed by atoms with E-state index in [0.29, 0.717) is 43.4 Å². The largest absolute Gasteiger partial charge is 0.479 e. The van der Waals surface area contributed by atoms with E-state index in [9.17, 15) is 9.59 Å². The van der Waals surface area contributed by atoms with Gasteiger partial charge >= 0.3 is 0 Å². The van der Waals surface area contributed by atoms with E-state index in [1.165, 1.54) is 4.90 Å². The van der Waals surface area contributed by atoms with Gasteiger partial charge < -0.3 is 20.1 Å². The Morgan fingerprint density at radius 2 is 2.09 bits per heavy atom. The molecule has 2 N–H and O–H groups in total. The van der Waals surface area contributed by atoms with Gasteiger partial charge in [0.25, 0.3) is 5.91 Å². The molecular weight excluding hydrogens is 286 g/mol. The fourth-order valence-electron chi connectivity index (χ4n) is 2.70. The predicted octanol–water partition coefficient (Wildman–Crippen LogP) is 0.241. The Labute approximate surface area is 128 Å². The number of para-hydroxylation sites is 1. The minimum atomic E-state index is -0.633. The van der Waals surface area contributed by atoms with E-state index in [2.05, 4.69) is 0 Å². The molecule has 7 nitrogen and oxygen atoms in total. The van der Waals surface area contributed by atoms with Crippen LogP contribution in [-0.4, -0.2) is 55.7 Å². The van der Waals surface area contributed by atoms with E-state index in [-0.39, 0.29) is 18.4 Å². The van der Waals surface area contributed by atoms with Gasteiger partial charge in [-0.2, -0.15) is 0 Å². The van der Waals surface area contributed by atoms with E-state index in [1.807, 2.05) is 0 Å². The molecule has 2 amide bonds. The molecule has 1 aromatic rings. The van der Waals surface area contributed by atoms with Crippen LogP contribution in [0.2, 0.25) is 0 Å². The molecule has 1 unspecified atom stereocenters. The number of morpholine rings is 1. The zero-order valence-corrected chi connectivity index (χ0v) is 12.4. The van der Waals surface area contributed by atoms with Crippen LogP contribution in [0.3, 0.4) is 0 Å². The predicted molar refractivity (Wildman–Crippen MR) is 80.7 cm³/mol. The number of hydrogen-bond donors (Lipinski definition) is 1. The summed E-state index contributed by atoms with van der Waals surface area (Å²) in [5, 5.41) is 0. The summed E-state index contributed by atoms with van der Waals surface area (Å²) in [6, 6.07) is 5.21. The second kappa shape index (κ2) is 5.84. The van der Waals surface area contributed by atoms with Crippen LogP contribution in [0, 0.1) is 0 Å². The maximum Gasteiger partial charge on any atom is 0.268 e. The number of carbonyl (C=O) groups excluding carboxylic acids is 2. The Kier molecular flexibility index (Phi) is 3.89. The molecule has 0 radical (unpaired) electrons. The number of amides is 2. The van der Waals surface area contributed by atoms with Crippen LogP contribution in [0.4, 0.5) is 11.4 Å². The lowest BCUT2D eigenvalue weighted by molar-refractivity contribution is -0.136. The summed E-state index contributed by atoms with van der Waals surface area (Å²) >= 11 is 0. The molecule has 2 aliphatic rings. The summed E-state index contributed by atoms with van der Waals surface area (Å²) in [4.78, 5) is 28.0. The van der Waals surface area contributed by atoms with Gasteiger partial charge in [-0.15, -0.1) is 0 Å². The third kappa shape index (κ3) is 2.59. The average Bonchev–Trinajstić information content (AvgIpc) is 2.52. The number of rotatable bonds is 2. The highest BCUT2D eigenvalue weighted by Gasteiger charge is 2.35. The maximum atomic E-state index is 12.4. The van der Waals surface area contributed by atoms with Gasteiger partial charge in [-0.3, -0.25) is 14.5 Å². The Morgan fingerprint density at radius 1 is 1.36 bits per heavy atom. The van der Waals surface area contributed by atoms with Crippen molar-refractivity contribution in [2.75, 3.05) is 43.5 Å². The number of nitrogens with zero attached hydrogens (tertiary/aromatic N) is 2. The Hall–Kier alpha value is -2.28. The summed E-state index contributed by atoms with van der Waals surface area (Å²) in [5.41, 5.74) is 6.88. The molecule has 0 saturated carbocycles. The lowest BCUT2D eigenvalue weighted by atomic mass is 10.1. The van der Waals surface area contributed by atoms with Crippen molar-refractivity contribution in [3.8, 4) is 5.75 Å². The maximum absolute atomic E-state index is 12.4. The van der Waals surface area contributed by atoms with Gasteiger partial charge in [-0.1, -0.05) is 6.07 Å². The molecule has 1 aromatic carbocycles. The number of hydrogen-bond acceptors (Lipinski definition) is 5. The summed E-state index contributed by atoms with van der Waals surface area (Å²) < 4.78 is 10.8. The highest BCUT2D eigenvalue weighted by atomic mass is 16.5. The molecule has 118 valence electrons. The molecule has 0 bridgehead atoms. The number of nitrogen functional groups attached to an aromatic ring is 1. The monoisotopic (exact) mass is 305 g/mol. The van der Waals surface area contributed by atoms with Crippen molar-refractivity contribution in [3.05, 3.63) is 18.2 Å². The number of benzene rings is 1. The van der Waals surface area contributed by atoms with Crippen molar-refractivity contribution in [2.45, 2.75) is 13.0 Å². The first-order chi connectivity index (χ1) is 10.6. The summed E-state index contributed by atoms with van der Waals surface area (Å²) in [7, 11) is 0. The Morgan fingerprint density at radius 3 is 2.82 bits per heavy atom. The van der Waals surface area contributed by atoms with Crippen LogP contribution in [0.25, 0.3) is 0 Å². The molecule has 1 fully saturated rings. The van der Waals surface area contributed by atoms with E-state index in [1.54, 1.807) is 30.0 Å². The quantitative estimate of drug-likeness (QED) is 0.791. The van der Waals surface area contributed by atoms with Crippen LogP contribution in [0.15, 0.2) is 18.2 Å². The smallest absolute Gasteiger partial charge is 0.268 e. The fourth-order valence-corrected chi connectivity index (χ4v) is 2.70. The van der Waals surface area contributed by atoms with Crippen molar-refractivity contribution in [3.63, 3.8) is 0 Å². The molecule has 3 rings (SSSR count). The zero-order chi connectivity index (χ0) is 15.7.